The van der Waals surface area contributed by atoms with Crippen LogP contribution in [0.4, 0.5) is 11.8 Å². The normalized spacial score (nSPS) is 19.6. The molecule has 2 aromatic rings. The lowest BCUT2D eigenvalue weighted by atomic mass is 10.1. The van der Waals surface area contributed by atoms with Gasteiger partial charge in [-0.05, 0) is 0 Å². The van der Waals surface area contributed by atoms with Crippen LogP contribution in [0.5, 0.6) is 0 Å². The molecule has 112 valence electrons. The van der Waals surface area contributed by atoms with Crippen LogP contribution in [0.1, 0.15) is 6.42 Å². The zero-order chi connectivity index (χ0) is 15.2. The van der Waals surface area contributed by atoms with Crippen LogP contribution in [0.2, 0.25) is 0 Å². The Hall–Kier alpha value is -2.27. The maximum absolute atomic E-state index is 12.0. The first-order valence-corrected chi connectivity index (χ1v) is 7.82. The monoisotopic (exact) mass is 311 g/mol. The van der Waals surface area contributed by atoms with Crippen molar-refractivity contribution in [2.24, 2.45) is 11.1 Å². The van der Waals surface area contributed by atoms with Gasteiger partial charge in [0.05, 0.1) is 12.1 Å². The summed E-state index contributed by atoms with van der Waals surface area (Å²) in [5.74, 6) is -0.607. The number of hydrogen-bond donors (Lipinski definition) is 3. The fourth-order valence-corrected chi connectivity index (χ4v) is 3.26. The van der Waals surface area contributed by atoms with E-state index in [9.17, 15) is 13.2 Å². The van der Waals surface area contributed by atoms with Gasteiger partial charge in [-0.25, -0.2) is 18.5 Å². The number of fused-ring (bicyclic) bond motifs is 1. The molecule has 0 aromatic carbocycles. The van der Waals surface area contributed by atoms with Gasteiger partial charge in [-0.1, -0.05) is 0 Å². The van der Waals surface area contributed by atoms with E-state index < -0.39 is 10.0 Å². The molecule has 11 heteroatoms. The number of imidazole rings is 1. The van der Waals surface area contributed by atoms with Crippen molar-refractivity contribution in [1.82, 2.24) is 19.9 Å². The number of hydrogen-bond acceptors (Lipinski definition) is 7. The zero-order valence-electron chi connectivity index (χ0n) is 10.9. The van der Waals surface area contributed by atoms with Gasteiger partial charge in [0.25, 0.3) is 0 Å². The summed E-state index contributed by atoms with van der Waals surface area (Å²) >= 11 is 0. The van der Waals surface area contributed by atoms with Gasteiger partial charge >= 0.3 is 0 Å². The smallest absolute Gasteiger partial charge is 0.236 e. The summed E-state index contributed by atoms with van der Waals surface area (Å²) < 4.78 is 22.2. The highest BCUT2D eigenvalue weighted by molar-refractivity contribution is 7.89. The quantitative estimate of drug-likeness (QED) is 0.626. The van der Waals surface area contributed by atoms with E-state index in [2.05, 4.69) is 19.9 Å². The largest absolute Gasteiger partial charge is 0.382 e. The fourth-order valence-electron chi connectivity index (χ4n) is 2.38. The second kappa shape index (κ2) is 4.63. The van der Waals surface area contributed by atoms with Crippen LogP contribution in [0.15, 0.2) is 6.33 Å². The Labute approximate surface area is 119 Å². The molecule has 3 rings (SSSR count). The van der Waals surface area contributed by atoms with E-state index in [-0.39, 0.29) is 42.3 Å². The van der Waals surface area contributed by atoms with Crippen LogP contribution in [0, 0.1) is 5.92 Å². The van der Waals surface area contributed by atoms with Crippen LogP contribution in [-0.2, 0) is 14.8 Å². The molecule has 0 spiro atoms. The van der Waals surface area contributed by atoms with Crippen LogP contribution < -0.4 is 15.8 Å². The van der Waals surface area contributed by atoms with Crippen molar-refractivity contribution in [2.75, 3.05) is 22.9 Å². The third kappa shape index (κ3) is 2.64. The van der Waals surface area contributed by atoms with Gasteiger partial charge in [0.2, 0.25) is 21.9 Å². The van der Waals surface area contributed by atoms with Gasteiger partial charge in [-0.3, -0.25) is 9.69 Å². The summed E-state index contributed by atoms with van der Waals surface area (Å²) in [6.45, 7) is 0.185. The predicted octanol–water partition coefficient (Wildman–Crippen LogP) is -1.42. The van der Waals surface area contributed by atoms with Gasteiger partial charge in [-0.15, -0.1) is 0 Å². The van der Waals surface area contributed by atoms with Crippen LogP contribution in [0.3, 0.4) is 0 Å². The van der Waals surface area contributed by atoms with E-state index in [0.29, 0.717) is 11.2 Å². The number of aromatic amines is 1. The molecular weight excluding hydrogens is 298 g/mol. The average Bonchev–Trinajstić information content (AvgIpc) is 2.93. The Morgan fingerprint density at radius 2 is 2.19 bits per heavy atom. The minimum Gasteiger partial charge on any atom is -0.382 e. The Bertz CT molecular complexity index is 815. The van der Waals surface area contributed by atoms with E-state index in [4.69, 9.17) is 10.9 Å². The van der Waals surface area contributed by atoms with Crippen molar-refractivity contribution in [3.8, 4) is 0 Å². The number of nitrogen functional groups attached to an aromatic ring is 1. The van der Waals surface area contributed by atoms with Crippen molar-refractivity contribution in [3.05, 3.63) is 6.33 Å². The summed E-state index contributed by atoms with van der Waals surface area (Å²) in [7, 11) is -3.63. The summed E-state index contributed by atoms with van der Waals surface area (Å²) in [5.41, 5.74) is 6.61. The zero-order valence-corrected chi connectivity index (χ0v) is 11.7. The molecule has 1 unspecified atom stereocenters. The molecule has 0 aliphatic carbocycles. The van der Waals surface area contributed by atoms with Gasteiger partial charge in [0.1, 0.15) is 5.52 Å². The number of aromatic nitrogens is 4. The van der Waals surface area contributed by atoms with Crippen molar-refractivity contribution in [1.29, 1.82) is 0 Å². The molecule has 1 saturated heterocycles. The maximum atomic E-state index is 12.0. The third-order valence-electron chi connectivity index (χ3n) is 3.22. The number of carbonyl (C=O) groups is 1. The number of nitrogens with one attached hydrogen (secondary N) is 1. The Kier molecular flexibility index (Phi) is 3.02. The fraction of sp³-hybridized carbons (Fsp3) is 0.400. The number of carbonyl (C=O) groups excluding carboxylic acids is 1. The van der Waals surface area contributed by atoms with Crippen molar-refractivity contribution in [2.45, 2.75) is 6.42 Å². The van der Waals surface area contributed by atoms with Crippen molar-refractivity contribution in [3.63, 3.8) is 0 Å². The number of primary sulfonamides is 1. The summed E-state index contributed by atoms with van der Waals surface area (Å²) in [6, 6.07) is 0. The molecule has 3 heterocycles. The number of sulfonamides is 1. The van der Waals surface area contributed by atoms with E-state index in [1.807, 2.05) is 0 Å². The highest BCUT2D eigenvalue weighted by Crippen LogP contribution is 2.25. The first-order valence-electron chi connectivity index (χ1n) is 6.11. The molecule has 0 radical (unpaired) electrons. The minimum absolute atomic E-state index is 0.0816. The molecule has 0 bridgehead atoms. The van der Waals surface area contributed by atoms with E-state index in [1.54, 1.807) is 0 Å². The lowest BCUT2D eigenvalue weighted by Crippen LogP contribution is -2.29. The summed E-state index contributed by atoms with van der Waals surface area (Å²) in [4.78, 5) is 28.3. The SMILES string of the molecule is Nc1nc(N2CC(CS(N)(=O)=O)CC2=O)nc2nc[nH]c12. The lowest BCUT2D eigenvalue weighted by molar-refractivity contribution is -0.117. The second-order valence-electron chi connectivity index (χ2n) is 4.91. The number of nitrogens with zero attached hydrogens (tertiary/aromatic N) is 4. The van der Waals surface area contributed by atoms with Crippen molar-refractivity contribution >= 4 is 38.9 Å². The van der Waals surface area contributed by atoms with Crippen LogP contribution >= 0.6 is 0 Å². The van der Waals surface area contributed by atoms with E-state index in [0.717, 1.165) is 0 Å². The number of anilines is 2. The first kappa shape index (κ1) is 13.7. The lowest BCUT2D eigenvalue weighted by Gasteiger charge is -2.14. The molecule has 1 aliphatic heterocycles. The van der Waals surface area contributed by atoms with Gasteiger partial charge < -0.3 is 10.7 Å². The molecule has 2 aromatic heterocycles. The predicted molar refractivity (Wildman–Crippen MR) is 74.5 cm³/mol. The molecule has 1 aliphatic rings. The number of amides is 1. The molecule has 1 amide bonds. The molecule has 1 atom stereocenters. The molecule has 1 fully saturated rings. The van der Waals surface area contributed by atoms with Crippen LogP contribution in [0.25, 0.3) is 11.2 Å². The highest BCUT2D eigenvalue weighted by Gasteiger charge is 2.34. The van der Waals surface area contributed by atoms with Gasteiger partial charge in [-0.2, -0.15) is 9.97 Å². The van der Waals surface area contributed by atoms with Crippen LogP contribution in [-0.4, -0.2) is 46.6 Å². The Morgan fingerprint density at radius 3 is 2.90 bits per heavy atom. The van der Waals surface area contributed by atoms with E-state index >= 15 is 0 Å². The standard InChI is InChI=1S/C10H13N7O3S/c11-8-7-9(14-4-13-7)16-10(15-8)17-2-5(1-6(17)18)3-21(12,19)20/h4-5H,1-3H2,(H2,12,19,20)(H3,11,13,14,15,16). The Morgan fingerprint density at radius 1 is 1.43 bits per heavy atom. The number of H-pyrrole nitrogens is 1. The first-order chi connectivity index (χ1) is 9.83. The minimum atomic E-state index is -3.63. The Balaban J connectivity index is 1.90. The highest BCUT2D eigenvalue weighted by atomic mass is 32.2. The molecular formula is C10H13N7O3S. The topological polar surface area (TPSA) is 161 Å². The third-order valence-corrected chi connectivity index (χ3v) is 4.15. The molecule has 5 N–H and O–H groups in total. The molecule has 0 saturated carbocycles. The van der Waals surface area contributed by atoms with Gasteiger partial charge in [0.15, 0.2) is 11.5 Å². The van der Waals surface area contributed by atoms with E-state index in [1.165, 1.54) is 11.2 Å². The van der Waals surface area contributed by atoms with Gasteiger partial charge in [0, 0.05) is 18.9 Å². The molecule has 10 nitrogen and oxygen atoms in total. The average molecular weight is 311 g/mol. The number of rotatable bonds is 3. The van der Waals surface area contributed by atoms with Crippen molar-refractivity contribution < 1.29 is 13.2 Å². The number of nitrogens with two attached hydrogens (primary N) is 2. The second-order valence-corrected chi connectivity index (χ2v) is 6.57. The summed E-state index contributed by atoms with van der Waals surface area (Å²) in [6.07, 6.45) is 1.51. The summed E-state index contributed by atoms with van der Waals surface area (Å²) in [5, 5.41) is 5.01. The molecule has 21 heavy (non-hydrogen) atoms. The maximum Gasteiger partial charge on any atom is 0.236 e.